The highest BCUT2D eigenvalue weighted by molar-refractivity contribution is 5.43. The van der Waals surface area contributed by atoms with Crippen LogP contribution in [0, 0.1) is 13.8 Å². The van der Waals surface area contributed by atoms with Gasteiger partial charge in [0.05, 0.1) is 12.7 Å². The number of aliphatic hydroxyl groups excluding tert-OH is 1. The maximum absolute atomic E-state index is 9.27. The molecule has 0 bridgehead atoms. The molecular formula is C15H25NO3. The Morgan fingerprint density at radius 1 is 1.26 bits per heavy atom. The number of methoxy groups -OCH3 is 1. The highest BCUT2D eigenvalue weighted by atomic mass is 16.5. The number of hydrogen-bond acceptors (Lipinski definition) is 4. The van der Waals surface area contributed by atoms with E-state index in [1.165, 1.54) is 5.56 Å². The Hall–Kier alpha value is -1.10. The molecule has 1 aromatic rings. The Morgan fingerprint density at radius 3 is 2.42 bits per heavy atom. The highest BCUT2D eigenvalue weighted by Crippen LogP contribution is 2.25. The fourth-order valence-electron chi connectivity index (χ4n) is 1.98. The first-order chi connectivity index (χ1) is 9.04. The summed E-state index contributed by atoms with van der Waals surface area (Å²) in [6.07, 6.45) is -0.450. The summed E-state index contributed by atoms with van der Waals surface area (Å²) in [6, 6.07) is 4.23. The maximum Gasteiger partial charge on any atom is 0.125 e. The summed E-state index contributed by atoms with van der Waals surface area (Å²) in [7, 11) is 1.70. The van der Waals surface area contributed by atoms with Crippen molar-refractivity contribution in [3.63, 3.8) is 0 Å². The van der Waals surface area contributed by atoms with Gasteiger partial charge in [-0.1, -0.05) is 12.1 Å². The normalized spacial score (nSPS) is 12.5. The molecule has 0 fully saturated rings. The predicted octanol–water partition coefficient (Wildman–Crippen LogP) is 1.80. The van der Waals surface area contributed by atoms with Gasteiger partial charge in [0.15, 0.2) is 0 Å². The van der Waals surface area contributed by atoms with E-state index in [4.69, 9.17) is 9.47 Å². The zero-order valence-corrected chi connectivity index (χ0v) is 12.3. The van der Waals surface area contributed by atoms with Gasteiger partial charge in [0, 0.05) is 20.2 Å². The van der Waals surface area contributed by atoms with Crippen molar-refractivity contribution in [2.24, 2.45) is 0 Å². The van der Waals surface area contributed by atoms with E-state index in [1.54, 1.807) is 14.0 Å². The van der Waals surface area contributed by atoms with E-state index in [0.29, 0.717) is 13.2 Å². The van der Waals surface area contributed by atoms with E-state index in [-0.39, 0.29) is 0 Å². The molecule has 0 aliphatic rings. The molecule has 0 aromatic heterocycles. The van der Waals surface area contributed by atoms with Gasteiger partial charge in [-0.3, -0.25) is 0 Å². The second-order valence-corrected chi connectivity index (χ2v) is 4.89. The SMILES string of the molecule is COCCNCc1cc(C)c(OCC(C)O)c(C)c1. The average molecular weight is 267 g/mol. The van der Waals surface area contributed by atoms with E-state index < -0.39 is 6.10 Å². The second-order valence-electron chi connectivity index (χ2n) is 4.89. The Kier molecular flexibility index (Phi) is 6.84. The number of aliphatic hydroxyl groups is 1. The third-order valence-corrected chi connectivity index (χ3v) is 2.80. The van der Waals surface area contributed by atoms with Crippen molar-refractivity contribution in [2.75, 3.05) is 26.9 Å². The van der Waals surface area contributed by atoms with Crippen molar-refractivity contribution in [2.45, 2.75) is 33.4 Å². The average Bonchev–Trinajstić information content (AvgIpc) is 2.33. The zero-order chi connectivity index (χ0) is 14.3. The van der Waals surface area contributed by atoms with Crippen LogP contribution in [0.5, 0.6) is 5.75 Å². The quantitative estimate of drug-likeness (QED) is 0.705. The fourth-order valence-corrected chi connectivity index (χ4v) is 1.98. The number of nitrogens with one attached hydrogen (secondary N) is 1. The number of ether oxygens (including phenoxy) is 2. The fraction of sp³-hybridized carbons (Fsp3) is 0.600. The van der Waals surface area contributed by atoms with Crippen molar-refractivity contribution >= 4 is 0 Å². The van der Waals surface area contributed by atoms with Crippen molar-refractivity contribution in [3.8, 4) is 5.75 Å². The molecule has 0 aliphatic carbocycles. The maximum atomic E-state index is 9.27. The summed E-state index contributed by atoms with van der Waals surface area (Å²) in [4.78, 5) is 0. The minimum Gasteiger partial charge on any atom is -0.490 e. The molecular weight excluding hydrogens is 242 g/mol. The molecule has 0 saturated heterocycles. The molecule has 1 aromatic carbocycles. The Balaban J connectivity index is 2.62. The lowest BCUT2D eigenvalue weighted by molar-refractivity contribution is 0.122. The number of rotatable bonds is 8. The van der Waals surface area contributed by atoms with Gasteiger partial charge in [-0.05, 0) is 37.5 Å². The van der Waals surface area contributed by atoms with Crippen molar-refractivity contribution in [3.05, 3.63) is 28.8 Å². The first-order valence-electron chi connectivity index (χ1n) is 6.65. The van der Waals surface area contributed by atoms with Crippen molar-refractivity contribution < 1.29 is 14.6 Å². The number of aryl methyl sites for hydroxylation is 2. The van der Waals surface area contributed by atoms with Crippen LogP contribution in [0.2, 0.25) is 0 Å². The van der Waals surface area contributed by atoms with E-state index in [9.17, 15) is 5.11 Å². The number of benzene rings is 1. The molecule has 0 heterocycles. The first kappa shape index (κ1) is 16.0. The molecule has 4 nitrogen and oxygen atoms in total. The molecule has 108 valence electrons. The lowest BCUT2D eigenvalue weighted by Crippen LogP contribution is -2.19. The zero-order valence-electron chi connectivity index (χ0n) is 12.3. The van der Waals surface area contributed by atoms with Crippen molar-refractivity contribution in [1.29, 1.82) is 0 Å². The summed E-state index contributed by atoms with van der Waals surface area (Å²) in [5.74, 6) is 0.876. The third-order valence-electron chi connectivity index (χ3n) is 2.80. The van der Waals surface area contributed by atoms with Crippen LogP contribution in [0.15, 0.2) is 12.1 Å². The summed E-state index contributed by atoms with van der Waals surface area (Å²) in [6.45, 7) is 8.49. The Labute approximate surface area is 115 Å². The van der Waals surface area contributed by atoms with Crippen LogP contribution in [0.4, 0.5) is 0 Å². The van der Waals surface area contributed by atoms with Gasteiger partial charge in [0.1, 0.15) is 12.4 Å². The lowest BCUT2D eigenvalue weighted by Gasteiger charge is -2.15. The third kappa shape index (κ3) is 5.59. The largest absolute Gasteiger partial charge is 0.490 e. The first-order valence-corrected chi connectivity index (χ1v) is 6.65. The van der Waals surface area contributed by atoms with Crippen LogP contribution in [-0.4, -0.2) is 38.1 Å². The van der Waals surface area contributed by atoms with Gasteiger partial charge in [0.2, 0.25) is 0 Å². The summed E-state index contributed by atoms with van der Waals surface area (Å²) in [5, 5.41) is 12.6. The van der Waals surface area contributed by atoms with E-state index in [1.807, 2.05) is 13.8 Å². The molecule has 1 unspecified atom stereocenters. The van der Waals surface area contributed by atoms with Gasteiger partial charge < -0.3 is 19.9 Å². The molecule has 0 amide bonds. The number of hydrogen-bond donors (Lipinski definition) is 2. The topological polar surface area (TPSA) is 50.7 Å². The molecule has 1 atom stereocenters. The molecule has 2 N–H and O–H groups in total. The van der Waals surface area contributed by atoms with Gasteiger partial charge in [0.25, 0.3) is 0 Å². The van der Waals surface area contributed by atoms with Crippen LogP contribution in [-0.2, 0) is 11.3 Å². The van der Waals surface area contributed by atoms with Gasteiger partial charge in [-0.25, -0.2) is 0 Å². The molecule has 0 aliphatic heterocycles. The monoisotopic (exact) mass is 267 g/mol. The van der Waals surface area contributed by atoms with Crippen molar-refractivity contribution in [1.82, 2.24) is 5.32 Å². The summed E-state index contributed by atoms with van der Waals surface area (Å²) < 4.78 is 10.6. The van der Waals surface area contributed by atoms with E-state index in [0.717, 1.165) is 30.0 Å². The molecule has 0 saturated carbocycles. The second kappa shape index (κ2) is 8.15. The summed E-state index contributed by atoms with van der Waals surface area (Å²) >= 11 is 0. The lowest BCUT2D eigenvalue weighted by atomic mass is 10.1. The van der Waals surface area contributed by atoms with Gasteiger partial charge in [-0.2, -0.15) is 0 Å². The Bertz CT molecular complexity index is 368. The molecule has 0 radical (unpaired) electrons. The standard InChI is InChI=1S/C15H25NO3/c1-11-7-14(9-16-5-6-18-4)8-12(2)15(11)19-10-13(3)17/h7-8,13,16-17H,5-6,9-10H2,1-4H3. The molecule has 1 rings (SSSR count). The highest BCUT2D eigenvalue weighted by Gasteiger charge is 2.07. The van der Waals surface area contributed by atoms with Crippen LogP contribution >= 0.6 is 0 Å². The smallest absolute Gasteiger partial charge is 0.125 e. The predicted molar refractivity (Wildman–Crippen MR) is 76.7 cm³/mol. The van der Waals surface area contributed by atoms with Crippen LogP contribution in [0.25, 0.3) is 0 Å². The minimum atomic E-state index is -0.450. The molecule has 0 spiro atoms. The van der Waals surface area contributed by atoms with Crippen LogP contribution in [0.3, 0.4) is 0 Å². The van der Waals surface area contributed by atoms with Crippen LogP contribution < -0.4 is 10.1 Å². The molecule has 19 heavy (non-hydrogen) atoms. The van der Waals surface area contributed by atoms with E-state index >= 15 is 0 Å². The van der Waals surface area contributed by atoms with Gasteiger partial charge in [-0.15, -0.1) is 0 Å². The summed E-state index contributed by atoms with van der Waals surface area (Å²) in [5.41, 5.74) is 3.43. The molecule has 4 heteroatoms. The van der Waals surface area contributed by atoms with Crippen LogP contribution in [0.1, 0.15) is 23.6 Å². The Morgan fingerprint density at radius 2 is 1.89 bits per heavy atom. The minimum absolute atomic E-state index is 0.327. The van der Waals surface area contributed by atoms with Gasteiger partial charge >= 0.3 is 0 Å². The van der Waals surface area contributed by atoms with E-state index in [2.05, 4.69) is 17.4 Å².